The number of fused-ring (bicyclic) bond motifs is 1. The molecule has 7 nitrogen and oxygen atoms in total. The van der Waals surface area contributed by atoms with E-state index >= 15 is 0 Å². The molecule has 0 fully saturated rings. The first-order valence-corrected chi connectivity index (χ1v) is 9.24. The van der Waals surface area contributed by atoms with E-state index in [2.05, 4.69) is 9.97 Å². The van der Waals surface area contributed by atoms with Crippen LogP contribution in [0.4, 0.5) is 0 Å². The van der Waals surface area contributed by atoms with E-state index in [0.717, 1.165) is 22.1 Å². The summed E-state index contributed by atoms with van der Waals surface area (Å²) in [5, 5.41) is 6.04. The first-order chi connectivity index (χ1) is 11.9. The Morgan fingerprint density at radius 3 is 2.42 bits per heavy atom. The Labute approximate surface area is 157 Å². The van der Waals surface area contributed by atoms with Gasteiger partial charge in [0.25, 0.3) is 10.2 Å². The molecule has 26 heavy (non-hydrogen) atoms. The summed E-state index contributed by atoms with van der Waals surface area (Å²) in [5.74, 6) is 0. The van der Waals surface area contributed by atoms with Crippen LogP contribution in [0, 0.1) is 0 Å². The van der Waals surface area contributed by atoms with Crippen molar-refractivity contribution >= 4 is 33.6 Å². The predicted molar refractivity (Wildman–Crippen MR) is 104 cm³/mol. The number of aromatic amines is 1. The van der Waals surface area contributed by atoms with Crippen molar-refractivity contribution in [1.82, 2.24) is 14.3 Å². The number of H-pyrrole nitrogens is 1. The number of rotatable bonds is 5. The lowest BCUT2D eigenvalue weighted by molar-refractivity contribution is 0.424. The number of aromatic nitrogens is 2. The molecule has 0 spiro atoms. The predicted octanol–water partition coefficient (Wildman–Crippen LogP) is 2.04. The first-order valence-electron chi connectivity index (χ1n) is 7.73. The number of benzene rings is 1. The van der Waals surface area contributed by atoms with Crippen molar-refractivity contribution in [3.05, 3.63) is 64.6 Å². The molecule has 2 aromatic heterocycles. The number of hydrogen-bond acceptors (Lipinski definition) is 4. The van der Waals surface area contributed by atoms with Gasteiger partial charge in [-0.2, -0.15) is 12.7 Å². The molecular formula is C17H19ClN4O3S. The summed E-state index contributed by atoms with van der Waals surface area (Å²) in [7, 11) is -3.72. The van der Waals surface area contributed by atoms with Crippen molar-refractivity contribution in [2.75, 3.05) is 6.54 Å². The molecule has 0 aliphatic heterocycles. The summed E-state index contributed by atoms with van der Waals surface area (Å²) in [4.78, 5) is 18.3. The van der Waals surface area contributed by atoms with Crippen LogP contribution in [0.25, 0.3) is 22.2 Å². The molecule has 0 aliphatic rings. The van der Waals surface area contributed by atoms with E-state index in [1.54, 1.807) is 19.2 Å². The standard InChI is InChI=1S/C17H18N4O3S.ClH/c1-2-21(25(18,23)24)11-12-3-5-13(6-4-12)14-9-10-19-17-15(14)7-8-16(22)20-17;/h3-10H,2,11H2,1H3,(H2,18,23,24)(H,19,20,22);1H. The normalized spacial score (nSPS) is 11.5. The van der Waals surface area contributed by atoms with Crippen LogP contribution in [0.3, 0.4) is 0 Å². The Morgan fingerprint density at radius 2 is 1.81 bits per heavy atom. The van der Waals surface area contributed by atoms with Crippen molar-refractivity contribution in [2.45, 2.75) is 13.5 Å². The number of nitrogens with one attached hydrogen (secondary N) is 1. The molecule has 0 amide bonds. The number of pyridine rings is 2. The third kappa shape index (κ3) is 4.28. The van der Waals surface area contributed by atoms with Gasteiger partial charge in [0.2, 0.25) is 5.56 Å². The van der Waals surface area contributed by atoms with Crippen LogP contribution in [-0.4, -0.2) is 29.2 Å². The van der Waals surface area contributed by atoms with Gasteiger partial charge in [0.1, 0.15) is 5.65 Å². The maximum Gasteiger partial charge on any atom is 0.277 e. The van der Waals surface area contributed by atoms with Gasteiger partial charge in [-0.3, -0.25) is 4.79 Å². The summed E-state index contributed by atoms with van der Waals surface area (Å²) in [5.41, 5.74) is 3.05. The third-order valence-corrected chi connectivity index (χ3v) is 5.08. The van der Waals surface area contributed by atoms with Gasteiger partial charge in [-0.05, 0) is 28.8 Å². The van der Waals surface area contributed by atoms with E-state index in [9.17, 15) is 13.2 Å². The number of nitrogens with zero attached hydrogens (tertiary/aromatic N) is 2. The van der Waals surface area contributed by atoms with Gasteiger partial charge >= 0.3 is 0 Å². The Kier molecular flexibility index (Phi) is 6.14. The SMILES string of the molecule is CCN(Cc1ccc(-c2ccnc3[nH]c(=O)ccc23)cc1)S(N)(=O)=O.Cl. The van der Waals surface area contributed by atoms with E-state index in [1.165, 1.54) is 10.4 Å². The molecule has 0 unspecified atom stereocenters. The number of hydrogen-bond donors (Lipinski definition) is 2. The van der Waals surface area contributed by atoms with Gasteiger partial charge in [-0.25, -0.2) is 10.1 Å². The summed E-state index contributed by atoms with van der Waals surface area (Å²) in [6.45, 7) is 2.27. The average Bonchev–Trinajstić information content (AvgIpc) is 2.58. The molecular weight excluding hydrogens is 376 g/mol. The van der Waals surface area contributed by atoms with Crippen molar-refractivity contribution in [3.63, 3.8) is 0 Å². The molecule has 3 rings (SSSR count). The lowest BCUT2D eigenvalue weighted by atomic mass is 10.0. The molecule has 0 aliphatic carbocycles. The third-order valence-electron chi connectivity index (χ3n) is 3.97. The molecule has 0 saturated carbocycles. The fourth-order valence-electron chi connectivity index (χ4n) is 2.69. The summed E-state index contributed by atoms with van der Waals surface area (Å²) < 4.78 is 24.2. The monoisotopic (exact) mass is 394 g/mol. The van der Waals surface area contributed by atoms with Crippen molar-refractivity contribution < 1.29 is 8.42 Å². The highest BCUT2D eigenvalue weighted by Crippen LogP contribution is 2.26. The highest BCUT2D eigenvalue weighted by Gasteiger charge is 2.15. The van der Waals surface area contributed by atoms with E-state index < -0.39 is 10.2 Å². The highest BCUT2D eigenvalue weighted by molar-refractivity contribution is 7.86. The van der Waals surface area contributed by atoms with Crippen LogP contribution < -0.4 is 10.7 Å². The molecule has 0 saturated heterocycles. The summed E-state index contributed by atoms with van der Waals surface area (Å²) in [6, 6.07) is 12.6. The van der Waals surface area contributed by atoms with Crippen LogP contribution in [0.15, 0.2) is 53.5 Å². The largest absolute Gasteiger partial charge is 0.307 e. The minimum absolute atomic E-state index is 0. The van der Waals surface area contributed by atoms with Gasteiger partial charge in [0.15, 0.2) is 0 Å². The Balaban J connectivity index is 0.00000243. The van der Waals surface area contributed by atoms with Crippen molar-refractivity contribution in [1.29, 1.82) is 0 Å². The molecule has 2 heterocycles. The van der Waals surface area contributed by atoms with Crippen molar-refractivity contribution in [3.8, 4) is 11.1 Å². The Bertz CT molecular complexity index is 1070. The smallest absolute Gasteiger partial charge is 0.277 e. The fourth-order valence-corrected chi connectivity index (χ4v) is 3.37. The minimum atomic E-state index is -3.72. The highest BCUT2D eigenvalue weighted by atomic mass is 35.5. The van der Waals surface area contributed by atoms with Crippen LogP contribution >= 0.6 is 12.4 Å². The van der Waals surface area contributed by atoms with Gasteiger partial charge in [-0.15, -0.1) is 12.4 Å². The fraction of sp³-hybridized carbons (Fsp3) is 0.176. The molecule has 0 atom stereocenters. The second-order valence-electron chi connectivity index (χ2n) is 5.61. The van der Waals surface area contributed by atoms with E-state index in [1.807, 2.05) is 30.3 Å². The van der Waals surface area contributed by atoms with Gasteiger partial charge in [0, 0.05) is 30.7 Å². The zero-order chi connectivity index (χ0) is 18.0. The van der Waals surface area contributed by atoms with Crippen LogP contribution in [0.2, 0.25) is 0 Å². The maximum absolute atomic E-state index is 11.5. The summed E-state index contributed by atoms with van der Waals surface area (Å²) in [6.07, 6.45) is 1.64. The number of nitrogens with two attached hydrogens (primary N) is 1. The van der Waals surface area contributed by atoms with Gasteiger partial charge in [0.05, 0.1) is 0 Å². The lowest BCUT2D eigenvalue weighted by Crippen LogP contribution is -2.35. The molecule has 0 bridgehead atoms. The Hall–Kier alpha value is -2.26. The molecule has 3 aromatic rings. The van der Waals surface area contributed by atoms with Crippen LogP contribution in [0.5, 0.6) is 0 Å². The van der Waals surface area contributed by atoms with E-state index in [4.69, 9.17) is 5.14 Å². The zero-order valence-corrected chi connectivity index (χ0v) is 15.7. The second kappa shape index (κ2) is 7.96. The molecule has 138 valence electrons. The van der Waals surface area contributed by atoms with E-state index in [0.29, 0.717) is 12.2 Å². The lowest BCUT2D eigenvalue weighted by Gasteiger charge is -2.17. The first kappa shape index (κ1) is 20.1. The van der Waals surface area contributed by atoms with E-state index in [-0.39, 0.29) is 24.5 Å². The minimum Gasteiger partial charge on any atom is -0.307 e. The van der Waals surface area contributed by atoms with Crippen LogP contribution in [0.1, 0.15) is 12.5 Å². The Morgan fingerprint density at radius 1 is 1.12 bits per heavy atom. The zero-order valence-electron chi connectivity index (χ0n) is 14.0. The summed E-state index contributed by atoms with van der Waals surface area (Å²) >= 11 is 0. The molecule has 1 aromatic carbocycles. The molecule has 0 radical (unpaired) electrons. The quantitative estimate of drug-likeness (QED) is 0.689. The maximum atomic E-state index is 11.5. The van der Waals surface area contributed by atoms with Gasteiger partial charge < -0.3 is 4.98 Å². The van der Waals surface area contributed by atoms with Crippen LogP contribution in [-0.2, 0) is 16.8 Å². The van der Waals surface area contributed by atoms with Crippen molar-refractivity contribution in [2.24, 2.45) is 5.14 Å². The topological polar surface area (TPSA) is 109 Å². The van der Waals surface area contributed by atoms with Gasteiger partial charge in [-0.1, -0.05) is 31.2 Å². The average molecular weight is 395 g/mol. The molecule has 9 heteroatoms. The number of halogens is 1. The molecule has 3 N–H and O–H groups in total. The second-order valence-corrected chi connectivity index (χ2v) is 7.16.